The first-order valence-corrected chi connectivity index (χ1v) is 10.6. The van der Waals surface area contributed by atoms with Gasteiger partial charge in [0.1, 0.15) is 11.9 Å². The summed E-state index contributed by atoms with van der Waals surface area (Å²) in [5.74, 6) is 0.736. The van der Waals surface area contributed by atoms with Gasteiger partial charge in [0.2, 0.25) is 0 Å². The molecule has 2 unspecified atom stereocenters. The minimum absolute atomic E-state index is 0.0490. The Morgan fingerprint density at radius 2 is 1.90 bits per heavy atom. The number of phenols is 1. The molecule has 1 aromatic carbocycles. The molecule has 7 heteroatoms. The number of pyridine rings is 1. The van der Waals surface area contributed by atoms with Crippen molar-refractivity contribution in [2.45, 2.75) is 56.8 Å². The lowest BCUT2D eigenvalue weighted by Gasteiger charge is -2.37. The molecule has 2 aliphatic rings. The molecule has 0 aliphatic heterocycles. The monoisotopic (exact) mass is 408 g/mol. The van der Waals surface area contributed by atoms with Crippen molar-refractivity contribution < 1.29 is 9.50 Å². The van der Waals surface area contributed by atoms with Gasteiger partial charge in [-0.1, -0.05) is 12.8 Å². The molecule has 2 fully saturated rings. The van der Waals surface area contributed by atoms with Crippen molar-refractivity contribution in [2.24, 2.45) is 7.05 Å². The first-order valence-electron chi connectivity index (χ1n) is 10.6. The van der Waals surface area contributed by atoms with Gasteiger partial charge in [-0.2, -0.15) is 0 Å². The van der Waals surface area contributed by atoms with Crippen LogP contribution in [0.3, 0.4) is 0 Å². The van der Waals surface area contributed by atoms with E-state index >= 15 is 0 Å². The number of anilines is 1. The van der Waals surface area contributed by atoms with E-state index in [9.17, 15) is 14.3 Å². The molecule has 0 saturated heterocycles. The van der Waals surface area contributed by atoms with Crippen LogP contribution in [0.1, 0.15) is 38.5 Å². The van der Waals surface area contributed by atoms with Crippen molar-refractivity contribution in [3.8, 4) is 17.0 Å². The number of aryl methyl sites for hydroxylation is 1. The van der Waals surface area contributed by atoms with Crippen molar-refractivity contribution >= 4 is 16.6 Å². The summed E-state index contributed by atoms with van der Waals surface area (Å²) in [5.41, 5.74) is 0.814. The third-order valence-corrected chi connectivity index (χ3v) is 6.33. The van der Waals surface area contributed by atoms with E-state index in [0.717, 1.165) is 32.1 Å². The van der Waals surface area contributed by atoms with E-state index in [1.54, 1.807) is 37.5 Å². The van der Waals surface area contributed by atoms with Gasteiger partial charge in [0.25, 0.3) is 5.56 Å². The molecule has 2 aromatic heterocycles. The number of aromatic hydroxyl groups is 1. The molecule has 1 N–H and O–H groups in total. The second-order valence-corrected chi connectivity index (χ2v) is 8.47. The molecule has 0 spiro atoms. The smallest absolute Gasteiger partial charge is 0.258 e. The first kappa shape index (κ1) is 19.0. The number of nitrogens with zero attached hydrogens (tertiary/aromatic N) is 4. The van der Waals surface area contributed by atoms with Crippen molar-refractivity contribution in [1.29, 1.82) is 0 Å². The summed E-state index contributed by atoms with van der Waals surface area (Å²) in [6, 6.07) is 8.88. The van der Waals surface area contributed by atoms with Crippen molar-refractivity contribution in [3.63, 3.8) is 0 Å². The average Bonchev–Trinajstić information content (AvgIpc) is 3.58. The zero-order valence-electron chi connectivity index (χ0n) is 17.0. The van der Waals surface area contributed by atoms with Gasteiger partial charge in [0.05, 0.1) is 11.7 Å². The van der Waals surface area contributed by atoms with Crippen molar-refractivity contribution in [1.82, 2.24) is 14.8 Å². The Labute approximate surface area is 174 Å². The van der Waals surface area contributed by atoms with Gasteiger partial charge in [-0.3, -0.25) is 4.79 Å². The molecule has 0 bridgehead atoms. The van der Waals surface area contributed by atoms with E-state index in [1.807, 2.05) is 6.07 Å². The third-order valence-electron chi connectivity index (χ3n) is 6.33. The third kappa shape index (κ3) is 3.32. The Balaban J connectivity index is 1.51. The highest BCUT2D eigenvalue weighted by molar-refractivity contribution is 5.89. The Kier molecular flexibility index (Phi) is 4.68. The summed E-state index contributed by atoms with van der Waals surface area (Å²) in [6.07, 6.45) is 6.40. The summed E-state index contributed by atoms with van der Waals surface area (Å²) >= 11 is 0. The van der Waals surface area contributed by atoms with Crippen LogP contribution < -0.4 is 10.5 Å². The lowest BCUT2D eigenvalue weighted by Crippen LogP contribution is -2.45. The van der Waals surface area contributed by atoms with Crippen LogP contribution in [0, 0.1) is 0 Å². The first-order chi connectivity index (χ1) is 14.5. The van der Waals surface area contributed by atoms with Crippen LogP contribution in [0.25, 0.3) is 22.0 Å². The Morgan fingerprint density at radius 3 is 2.60 bits per heavy atom. The zero-order chi connectivity index (χ0) is 20.8. The number of alkyl halides is 1. The lowest BCUT2D eigenvalue weighted by atomic mass is 9.92. The Bertz CT molecular complexity index is 1140. The predicted octanol–water partition coefficient (Wildman–Crippen LogP) is 3.95. The lowest BCUT2D eigenvalue weighted by molar-refractivity contribution is 0.207. The molecular formula is C23H25FN4O2. The summed E-state index contributed by atoms with van der Waals surface area (Å²) in [7, 11) is 1.69. The largest absolute Gasteiger partial charge is 0.507 e. The fourth-order valence-corrected chi connectivity index (χ4v) is 4.55. The molecule has 156 valence electrons. The number of phenolic OH excluding ortho intramolecular Hbond substituents is 1. The van der Waals surface area contributed by atoms with Crippen LogP contribution in [0.2, 0.25) is 0 Å². The highest BCUT2D eigenvalue weighted by Crippen LogP contribution is 2.38. The molecule has 6 nitrogen and oxygen atoms in total. The number of halogens is 1. The highest BCUT2D eigenvalue weighted by atomic mass is 19.1. The Morgan fingerprint density at radius 1 is 1.10 bits per heavy atom. The fraction of sp³-hybridized carbons (Fsp3) is 0.435. The molecule has 30 heavy (non-hydrogen) atoms. The Hall–Kier alpha value is -2.96. The van der Waals surface area contributed by atoms with Gasteiger partial charge in [0, 0.05) is 30.2 Å². The van der Waals surface area contributed by atoms with Gasteiger partial charge in [-0.15, -0.1) is 10.2 Å². The number of hydrogen-bond acceptors (Lipinski definition) is 5. The maximum absolute atomic E-state index is 14.6. The maximum atomic E-state index is 14.6. The normalized spacial score (nSPS) is 21.7. The minimum atomic E-state index is -0.832. The zero-order valence-corrected chi connectivity index (χ0v) is 17.0. The quantitative estimate of drug-likeness (QED) is 0.708. The van der Waals surface area contributed by atoms with E-state index in [1.165, 1.54) is 4.57 Å². The molecule has 0 radical (unpaired) electrons. The molecule has 0 amide bonds. The summed E-state index contributed by atoms with van der Waals surface area (Å²) < 4.78 is 16.1. The number of fused-ring (bicyclic) bond motifs is 1. The number of aromatic nitrogens is 3. The molecule has 2 saturated carbocycles. The molecule has 2 aliphatic carbocycles. The number of rotatable bonds is 4. The minimum Gasteiger partial charge on any atom is -0.507 e. The number of hydrogen-bond donors (Lipinski definition) is 1. The van der Waals surface area contributed by atoms with Gasteiger partial charge >= 0.3 is 0 Å². The van der Waals surface area contributed by atoms with Crippen LogP contribution in [-0.4, -0.2) is 38.1 Å². The second kappa shape index (κ2) is 7.38. The highest BCUT2D eigenvalue weighted by Gasteiger charge is 2.39. The fourth-order valence-electron chi connectivity index (χ4n) is 4.55. The number of benzene rings is 1. The SMILES string of the molecule is Cn1ccc2cc(O)c(-c3ccc(N(C4CC4)C4CCCCC4F)nn3)cc2c1=O. The van der Waals surface area contributed by atoms with Gasteiger partial charge in [-0.05, 0) is 61.4 Å². The molecule has 2 atom stereocenters. The van der Waals surface area contributed by atoms with E-state index in [2.05, 4.69) is 15.1 Å². The molecule has 2 heterocycles. The van der Waals surface area contributed by atoms with E-state index in [0.29, 0.717) is 40.3 Å². The van der Waals surface area contributed by atoms with Crippen LogP contribution in [0.15, 0.2) is 41.3 Å². The van der Waals surface area contributed by atoms with E-state index in [4.69, 9.17) is 0 Å². The summed E-state index contributed by atoms with van der Waals surface area (Å²) in [5, 5.41) is 20.4. The molecular weight excluding hydrogens is 383 g/mol. The van der Waals surface area contributed by atoms with Gasteiger partial charge < -0.3 is 14.6 Å². The average molecular weight is 408 g/mol. The maximum Gasteiger partial charge on any atom is 0.258 e. The second-order valence-electron chi connectivity index (χ2n) is 8.47. The van der Waals surface area contributed by atoms with Gasteiger partial charge in [-0.25, -0.2) is 4.39 Å². The molecule has 3 aromatic rings. The van der Waals surface area contributed by atoms with E-state index < -0.39 is 6.17 Å². The van der Waals surface area contributed by atoms with Crippen LogP contribution in [0.4, 0.5) is 10.2 Å². The van der Waals surface area contributed by atoms with Crippen LogP contribution >= 0.6 is 0 Å². The van der Waals surface area contributed by atoms with Crippen LogP contribution in [-0.2, 0) is 7.05 Å². The van der Waals surface area contributed by atoms with Crippen LogP contribution in [0.5, 0.6) is 5.75 Å². The summed E-state index contributed by atoms with van der Waals surface area (Å²) in [6.45, 7) is 0. The van der Waals surface area contributed by atoms with Gasteiger partial charge in [0.15, 0.2) is 5.82 Å². The van der Waals surface area contributed by atoms with E-state index in [-0.39, 0.29) is 17.4 Å². The standard InChI is InChI=1S/C23H25FN4O2/c1-27-11-10-14-12-21(29)17(13-16(14)23(27)30)19-8-9-22(26-25-19)28(15-6-7-15)20-5-3-2-4-18(20)24/h8-13,15,18,20,29H,2-7H2,1H3. The topological polar surface area (TPSA) is 71.2 Å². The summed E-state index contributed by atoms with van der Waals surface area (Å²) in [4.78, 5) is 14.6. The molecule has 5 rings (SSSR count). The predicted molar refractivity (Wildman–Crippen MR) is 115 cm³/mol. The van der Waals surface area contributed by atoms with Crippen molar-refractivity contribution in [3.05, 3.63) is 46.9 Å². The van der Waals surface area contributed by atoms with Crippen molar-refractivity contribution in [2.75, 3.05) is 4.90 Å².